The molecule has 4 rings (SSSR count). The van der Waals surface area contributed by atoms with Gasteiger partial charge in [0, 0.05) is 28.6 Å². The van der Waals surface area contributed by atoms with Crippen molar-refractivity contribution in [2.24, 2.45) is 9.52 Å². The summed E-state index contributed by atoms with van der Waals surface area (Å²) in [5, 5.41) is 2.42. The molecule has 0 radical (unpaired) electrons. The second-order valence-electron chi connectivity index (χ2n) is 9.55. The lowest BCUT2D eigenvalue weighted by molar-refractivity contribution is -0.275. The summed E-state index contributed by atoms with van der Waals surface area (Å²) in [4.78, 5) is 18.0. The van der Waals surface area contributed by atoms with Crippen molar-refractivity contribution in [3.63, 3.8) is 0 Å². The van der Waals surface area contributed by atoms with Gasteiger partial charge in [0.25, 0.3) is 11.5 Å². The Hall–Kier alpha value is -2.17. The molecule has 2 aromatic rings. The number of rotatable bonds is 5. The van der Waals surface area contributed by atoms with Crippen molar-refractivity contribution in [2.45, 2.75) is 69.4 Å². The van der Waals surface area contributed by atoms with Crippen LogP contribution in [0.1, 0.15) is 72.5 Å². The van der Waals surface area contributed by atoms with E-state index in [1.165, 1.54) is 18.2 Å². The third kappa shape index (κ3) is 5.31. The Morgan fingerprint density at radius 2 is 1.79 bits per heavy atom. The van der Waals surface area contributed by atoms with Gasteiger partial charge < -0.3 is 4.84 Å². The summed E-state index contributed by atoms with van der Waals surface area (Å²) in [6.07, 6.45) is -1.13. The van der Waals surface area contributed by atoms with Crippen LogP contribution in [-0.4, -0.2) is 33.0 Å². The predicted octanol–water partition coefficient (Wildman–Crippen LogP) is 7.98. The fourth-order valence-corrected chi connectivity index (χ4v) is 7.61. The lowest BCUT2D eigenvalue weighted by Gasteiger charge is -2.29. The van der Waals surface area contributed by atoms with Crippen molar-refractivity contribution in [2.75, 3.05) is 5.75 Å². The number of benzene rings is 2. The van der Waals surface area contributed by atoms with Gasteiger partial charge in [0.05, 0.1) is 25.5 Å². The molecule has 206 valence electrons. The Morgan fingerprint density at radius 3 is 2.34 bits per heavy atom. The van der Waals surface area contributed by atoms with Gasteiger partial charge in [0.1, 0.15) is 0 Å². The summed E-state index contributed by atoms with van der Waals surface area (Å²) in [5.41, 5.74) is -2.49. The van der Waals surface area contributed by atoms with Gasteiger partial charge in [-0.05, 0) is 55.2 Å². The molecule has 0 N–H and O–H groups in total. The van der Waals surface area contributed by atoms with E-state index in [-0.39, 0.29) is 22.3 Å². The first-order chi connectivity index (χ1) is 17.8. The molecule has 0 spiro atoms. The molecule has 38 heavy (non-hydrogen) atoms. The van der Waals surface area contributed by atoms with Crippen molar-refractivity contribution in [1.29, 1.82) is 0 Å². The summed E-state index contributed by atoms with van der Waals surface area (Å²) in [5.74, 6) is -1.38. The molecular formula is C26H26Cl2F4N2O3S. The minimum atomic E-state index is -4.94. The molecule has 0 saturated heterocycles. The van der Waals surface area contributed by atoms with Gasteiger partial charge in [-0.15, -0.1) is 0 Å². The first-order valence-electron chi connectivity index (χ1n) is 12.2. The molecular weight excluding hydrogens is 567 g/mol. The molecule has 2 atom stereocenters. The SMILES string of the molecule is CCS(=O)(=NC(=O)c1ccc(C2=NOC(c3cc(Cl)c(F)c(Cl)c3)(C(F)(F)F)C2)cc1C)C1CCCCC1. The molecule has 2 unspecified atom stereocenters. The normalized spacial score (nSPS) is 21.9. The molecule has 1 aliphatic carbocycles. The third-order valence-electron chi connectivity index (χ3n) is 7.15. The van der Waals surface area contributed by atoms with Gasteiger partial charge >= 0.3 is 6.18 Å². The Kier molecular flexibility index (Phi) is 8.17. The zero-order chi connectivity index (χ0) is 27.9. The highest BCUT2D eigenvalue weighted by molar-refractivity contribution is 7.94. The van der Waals surface area contributed by atoms with Crippen molar-refractivity contribution >= 4 is 44.5 Å². The van der Waals surface area contributed by atoms with E-state index in [2.05, 4.69) is 9.52 Å². The van der Waals surface area contributed by atoms with Crippen molar-refractivity contribution in [3.8, 4) is 0 Å². The lowest BCUT2D eigenvalue weighted by atomic mass is 9.86. The topological polar surface area (TPSA) is 68.1 Å². The van der Waals surface area contributed by atoms with E-state index in [0.717, 1.165) is 44.2 Å². The maximum atomic E-state index is 14.3. The zero-order valence-electron chi connectivity index (χ0n) is 20.7. The zero-order valence-corrected chi connectivity index (χ0v) is 23.0. The number of carbonyl (C=O) groups is 1. The quantitative estimate of drug-likeness (QED) is 0.261. The summed E-state index contributed by atoms with van der Waals surface area (Å²) >= 11 is 11.5. The van der Waals surface area contributed by atoms with E-state index in [4.69, 9.17) is 28.0 Å². The number of carbonyl (C=O) groups excluding carboxylic acids is 1. The van der Waals surface area contributed by atoms with Crippen molar-refractivity contribution in [1.82, 2.24) is 0 Å². The highest BCUT2D eigenvalue weighted by atomic mass is 35.5. The Balaban J connectivity index is 1.63. The minimum Gasteiger partial charge on any atom is -0.374 e. The molecule has 1 heterocycles. The van der Waals surface area contributed by atoms with Crippen LogP contribution in [-0.2, 0) is 20.2 Å². The number of aryl methyl sites for hydroxylation is 1. The molecule has 1 amide bonds. The van der Waals surface area contributed by atoms with Gasteiger partial charge in [-0.25, -0.2) is 8.60 Å². The number of halogens is 6. The number of oxime groups is 1. The second kappa shape index (κ2) is 10.8. The monoisotopic (exact) mass is 592 g/mol. The fraction of sp³-hybridized carbons (Fsp3) is 0.462. The van der Waals surface area contributed by atoms with Gasteiger partial charge in [-0.2, -0.15) is 17.5 Å². The van der Waals surface area contributed by atoms with Crippen LogP contribution in [0.5, 0.6) is 0 Å². The number of hydrogen-bond donors (Lipinski definition) is 0. The van der Waals surface area contributed by atoms with Crippen LogP contribution >= 0.6 is 23.2 Å². The van der Waals surface area contributed by atoms with Gasteiger partial charge in [0.2, 0.25) is 0 Å². The average molecular weight is 593 g/mol. The molecule has 5 nitrogen and oxygen atoms in total. The summed E-state index contributed by atoms with van der Waals surface area (Å²) < 4.78 is 74.4. The first kappa shape index (κ1) is 28.8. The molecule has 0 aromatic heterocycles. The van der Waals surface area contributed by atoms with Crippen LogP contribution in [0.4, 0.5) is 17.6 Å². The Bertz CT molecular complexity index is 1390. The minimum absolute atomic E-state index is 0.0301. The third-order valence-corrected chi connectivity index (χ3v) is 10.5. The van der Waals surface area contributed by atoms with Crippen LogP contribution in [0.2, 0.25) is 10.0 Å². The smallest absolute Gasteiger partial charge is 0.374 e. The van der Waals surface area contributed by atoms with Crippen LogP contribution in [0.15, 0.2) is 39.9 Å². The largest absolute Gasteiger partial charge is 0.435 e. The maximum Gasteiger partial charge on any atom is 0.435 e. The van der Waals surface area contributed by atoms with Crippen LogP contribution in [0.3, 0.4) is 0 Å². The van der Waals surface area contributed by atoms with Gasteiger partial charge in [-0.3, -0.25) is 4.79 Å². The highest BCUT2D eigenvalue weighted by Gasteiger charge is 2.62. The average Bonchev–Trinajstić information content (AvgIpc) is 3.34. The fourth-order valence-electron chi connectivity index (χ4n) is 4.93. The Labute approximate surface area is 228 Å². The molecule has 2 aliphatic rings. The molecule has 1 fully saturated rings. The molecule has 1 saturated carbocycles. The summed E-state index contributed by atoms with van der Waals surface area (Å²) in [6.45, 7) is 3.38. The first-order valence-corrected chi connectivity index (χ1v) is 14.7. The molecule has 2 aromatic carbocycles. The van der Waals surface area contributed by atoms with Crippen LogP contribution in [0, 0.1) is 12.7 Å². The molecule has 1 aliphatic heterocycles. The lowest BCUT2D eigenvalue weighted by Crippen LogP contribution is -2.42. The molecule has 12 heteroatoms. The van der Waals surface area contributed by atoms with E-state index >= 15 is 0 Å². The van der Waals surface area contributed by atoms with Gasteiger partial charge in [0.15, 0.2) is 5.82 Å². The number of nitrogens with zero attached hydrogens (tertiary/aromatic N) is 2. The molecule has 0 bridgehead atoms. The number of amides is 1. The van der Waals surface area contributed by atoms with E-state index < -0.39 is 55.3 Å². The standard InChI is InChI=1S/C26H26Cl2F4N2O3S/c1-3-38(36,18-7-5-4-6-8-18)34-24(35)19-10-9-16(11-15(19)2)22-14-25(37-33-22,26(30,31)32)17-12-20(27)23(29)21(28)13-17/h9-13,18H,3-8,14H2,1-2H3. The Morgan fingerprint density at radius 1 is 1.16 bits per heavy atom. The predicted molar refractivity (Wildman–Crippen MR) is 140 cm³/mol. The second-order valence-corrected chi connectivity index (χ2v) is 13.2. The maximum absolute atomic E-state index is 14.3. The van der Waals surface area contributed by atoms with E-state index in [1.807, 2.05) is 0 Å². The highest BCUT2D eigenvalue weighted by Crippen LogP contribution is 2.50. The van der Waals surface area contributed by atoms with E-state index in [0.29, 0.717) is 11.1 Å². The van der Waals surface area contributed by atoms with E-state index in [1.54, 1.807) is 13.8 Å². The number of alkyl halides is 3. The summed E-state index contributed by atoms with van der Waals surface area (Å²) in [7, 11) is -2.73. The van der Waals surface area contributed by atoms with Crippen LogP contribution < -0.4 is 0 Å². The van der Waals surface area contributed by atoms with Crippen molar-refractivity contribution < 1.29 is 31.4 Å². The van der Waals surface area contributed by atoms with Crippen LogP contribution in [0.25, 0.3) is 0 Å². The number of hydrogen-bond acceptors (Lipinski definition) is 4. The van der Waals surface area contributed by atoms with Crippen molar-refractivity contribution in [3.05, 3.63) is 68.4 Å². The van der Waals surface area contributed by atoms with Gasteiger partial charge in [-0.1, -0.05) is 60.6 Å². The summed E-state index contributed by atoms with van der Waals surface area (Å²) in [6, 6.07) is 6.04. The van der Waals surface area contributed by atoms with E-state index in [9.17, 15) is 26.6 Å².